The minimum atomic E-state index is -0.148. The summed E-state index contributed by atoms with van der Waals surface area (Å²) in [5, 5.41) is 0. The molecule has 3 rings (SSSR count). The number of aliphatic imine (C=N–C) groups is 1. The number of hydrogen-bond acceptors (Lipinski definition) is 2. The number of hydrogen-bond donors (Lipinski definition) is 0. The maximum atomic E-state index is 12.8. The molecule has 2 bridgehead atoms. The molecular formula is C19H25NO. The molecule has 1 aromatic carbocycles. The van der Waals surface area contributed by atoms with E-state index in [0.29, 0.717) is 11.7 Å². The van der Waals surface area contributed by atoms with Crippen LogP contribution >= 0.6 is 0 Å². The van der Waals surface area contributed by atoms with Crippen molar-refractivity contribution in [1.29, 1.82) is 0 Å². The van der Waals surface area contributed by atoms with E-state index in [0.717, 1.165) is 12.8 Å². The van der Waals surface area contributed by atoms with Crippen LogP contribution in [0.4, 0.5) is 0 Å². The van der Waals surface area contributed by atoms with E-state index in [-0.39, 0.29) is 22.8 Å². The van der Waals surface area contributed by atoms with Gasteiger partial charge in [-0.05, 0) is 36.7 Å². The van der Waals surface area contributed by atoms with Crippen molar-refractivity contribution in [3.63, 3.8) is 0 Å². The van der Waals surface area contributed by atoms with E-state index in [1.807, 2.05) is 24.4 Å². The zero-order valence-electron chi connectivity index (χ0n) is 13.5. The van der Waals surface area contributed by atoms with Gasteiger partial charge in [0.15, 0.2) is 0 Å². The van der Waals surface area contributed by atoms with Crippen LogP contribution < -0.4 is 0 Å². The third kappa shape index (κ3) is 1.99. The van der Waals surface area contributed by atoms with Crippen molar-refractivity contribution < 1.29 is 4.79 Å². The first-order valence-corrected chi connectivity index (χ1v) is 8.00. The molecule has 2 aliphatic rings. The summed E-state index contributed by atoms with van der Waals surface area (Å²) in [6, 6.07) is 10.4. The van der Waals surface area contributed by atoms with Crippen LogP contribution in [0.1, 0.15) is 52.1 Å². The highest BCUT2D eigenvalue weighted by molar-refractivity contribution is 6.02. The molecule has 4 atom stereocenters. The molecule has 0 radical (unpaired) electrons. The zero-order chi connectivity index (χ0) is 15.3. The van der Waals surface area contributed by atoms with Gasteiger partial charge in [0.2, 0.25) is 0 Å². The summed E-state index contributed by atoms with van der Waals surface area (Å²) in [4.78, 5) is 17.5. The van der Waals surface area contributed by atoms with Gasteiger partial charge in [-0.15, -0.1) is 0 Å². The standard InChI is InChI=1S/C19H25NO/c1-13(14-8-6-5-7-9-14)20-12-15-16-10-11-19(4,17(15)21)18(16,2)3/h5-9,12-13,15-16H,10-11H2,1-4H3/t13-,15?,16+,19-/m0/s1. The number of carbonyl (C=O) groups is 1. The van der Waals surface area contributed by atoms with Crippen molar-refractivity contribution in [2.24, 2.45) is 27.7 Å². The van der Waals surface area contributed by atoms with Crippen LogP contribution in [0, 0.1) is 22.7 Å². The molecular weight excluding hydrogens is 258 g/mol. The Balaban J connectivity index is 1.81. The Kier molecular flexibility index (Phi) is 3.31. The first-order chi connectivity index (χ1) is 9.88. The molecule has 2 saturated carbocycles. The quantitative estimate of drug-likeness (QED) is 0.753. The summed E-state index contributed by atoms with van der Waals surface area (Å²) < 4.78 is 0. The molecule has 0 heterocycles. The van der Waals surface area contributed by atoms with E-state index >= 15 is 0 Å². The molecule has 1 aromatic rings. The van der Waals surface area contributed by atoms with Gasteiger partial charge in [-0.1, -0.05) is 51.1 Å². The van der Waals surface area contributed by atoms with E-state index in [9.17, 15) is 4.79 Å². The van der Waals surface area contributed by atoms with Gasteiger partial charge in [0.25, 0.3) is 0 Å². The molecule has 21 heavy (non-hydrogen) atoms. The number of carbonyl (C=O) groups excluding carboxylic acids is 1. The third-order valence-electron chi connectivity index (χ3n) is 6.34. The van der Waals surface area contributed by atoms with Gasteiger partial charge in [0.1, 0.15) is 5.78 Å². The Labute approximate surface area is 127 Å². The highest BCUT2D eigenvalue weighted by Gasteiger charge is 2.65. The molecule has 0 amide bonds. The van der Waals surface area contributed by atoms with Crippen LogP contribution in [-0.2, 0) is 4.79 Å². The molecule has 0 saturated heterocycles. The van der Waals surface area contributed by atoms with E-state index in [1.54, 1.807) is 0 Å². The van der Waals surface area contributed by atoms with Crippen molar-refractivity contribution >= 4 is 12.0 Å². The predicted molar refractivity (Wildman–Crippen MR) is 86.5 cm³/mol. The van der Waals surface area contributed by atoms with Crippen LogP contribution in [0.15, 0.2) is 35.3 Å². The molecule has 0 spiro atoms. The average molecular weight is 283 g/mol. The zero-order valence-corrected chi connectivity index (χ0v) is 13.5. The maximum Gasteiger partial charge on any atom is 0.147 e. The smallest absolute Gasteiger partial charge is 0.147 e. The van der Waals surface area contributed by atoms with Crippen molar-refractivity contribution in [3.8, 4) is 0 Å². The van der Waals surface area contributed by atoms with Gasteiger partial charge in [-0.2, -0.15) is 0 Å². The molecule has 0 N–H and O–H groups in total. The molecule has 2 heteroatoms. The maximum absolute atomic E-state index is 12.8. The number of Topliss-reactive ketones (excluding diaryl/α,β-unsaturated/α-hetero) is 1. The molecule has 2 nitrogen and oxygen atoms in total. The second-order valence-electron chi connectivity index (χ2n) is 7.47. The molecule has 0 aliphatic heterocycles. The van der Waals surface area contributed by atoms with Gasteiger partial charge in [0.05, 0.1) is 12.0 Å². The second kappa shape index (κ2) is 4.79. The number of benzene rings is 1. The van der Waals surface area contributed by atoms with Gasteiger partial charge in [-0.25, -0.2) is 0 Å². The lowest BCUT2D eigenvalue weighted by Gasteiger charge is -2.32. The highest BCUT2D eigenvalue weighted by Crippen LogP contribution is 2.65. The Morgan fingerprint density at radius 3 is 2.48 bits per heavy atom. The van der Waals surface area contributed by atoms with Crippen LogP contribution in [0.25, 0.3) is 0 Å². The van der Waals surface area contributed by atoms with E-state index in [4.69, 9.17) is 4.99 Å². The fourth-order valence-electron chi connectivity index (χ4n) is 4.37. The largest absolute Gasteiger partial charge is 0.298 e. The second-order valence-corrected chi connectivity index (χ2v) is 7.47. The van der Waals surface area contributed by atoms with Crippen molar-refractivity contribution in [2.75, 3.05) is 0 Å². The lowest BCUT2D eigenvalue weighted by Crippen LogP contribution is -2.33. The molecule has 2 fully saturated rings. The van der Waals surface area contributed by atoms with Crippen molar-refractivity contribution in [1.82, 2.24) is 0 Å². The normalized spacial score (nSPS) is 35.5. The minimum absolute atomic E-state index is 0.0184. The predicted octanol–water partition coefficient (Wildman–Crippen LogP) is 4.46. The number of rotatable bonds is 3. The molecule has 112 valence electrons. The summed E-state index contributed by atoms with van der Waals surface area (Å²) >= 11 is 0. The fraction of sp³-hybridized carbons (Fsp3) is 0.579. The first kappa shape index (κ1) is 14.5. The van der Waals surface area contributed by atoms with Gasteiger partial charge >= 0.3 is 0 Å². The Morgan fingerprint density at radius 1 is 1.24 bits per heavy atom. The average Bonchev–Trinajstić information content (AvgIpc) is 2.78. The lowest BCUT2D eigenvalue weighted by atomic mass is 9.70. The highest BCUT2D eigenvalue weighted by atomic mass is 16.1. The first-order valence-electron chi connectivity index (χ1n) is 8.00. The van der Waals surface area contributed by atoms with Crippen molar-refractivity contribution in [2.45, 2.75) is 46.6 Å². The number of ketones is 1. The monoisotopic (exact) mass is 283 g/mol. The van der Waals surface area contributed by atoms with E-state index in [2.05, 4.69) is 39.8 Å². The molecule has 2 aliphatic carbocycles. The van der Waals surface area contributed by atoms with Gasteiger partial charge < -0.3 is 0 Å². The summed E-state index contributed by atoms with van der Waals surface area (Å²) in [5.41, 5.74) is 1.16. The van der Waals surface area contributed by atoms with Crippen LogP contribution in [0.5, 0.6) is 0 Å². The summed E-state index contributed by atoms with van der Waals surface area (Å²) in [6.45, 7) is 8.77. The third-order valence-corrected chi connectivity index (χ3v) is 6.34. The van der Waals surface area contributed by atoms with Crippen LogP contribution in [0.3, 0.4) is 0 Å². The van der Waals surface area contributed by atoms with Crippen LogP contribution in [-0.4, -0.2) is 12.0 Å². The summed E-state index contributed by atoms with van der Waals surface area (Å²) in [5.74, 6) is 0.888. The van der Waals surface area contributed by atoms with Crippen LogP contribution in [0.2, 0.25) is 0 Å². The lowest BCUT2D eigenvalue weighted by molar-refractivity contribution is -0.129. The Morgan fingerprint density at radius 2 is 1.90 bits per heavy atom. The molecule has 1 unspecified atom stereocenters. The SMILES string of the molecule is C[C@H](N=CC1C(=O)[C@]2(C)CC[C@H]1C2(C)C)c1ccccc1. The Hall–Kier alpha value is -1.44. The fourth-order valence-corrected chi connectivity index (χ4v) is 4.37. The van der Waals surface area contributed by atoms with Gasteiger partial charge in [0, 0.05) is 11.6 Å². The molecule has 0 aromatic heterocycles. The van der Waals surface area contributed by atoms with E-state index in [1.165, 1.54) is 5.56 Å². The summed E-state index contributed by atoms with van der Waals surface area (Å²) in [6.07, 6.45) is 4.16. The van der Waals surface area contributed by atoms with Gasteiger partial charge in [-0.3, -0.25) is 9.79 Å². The minimum Gasteiger partial charge on any atom is -0.298 e. The summed E-state index contributed by atoms with van der Waals surface area (Å²) in [7, 11) is 0. The number of fused-ring (bicyclic) bond motifs is 2. The van der Waals surface area contributed by atoms with Crippen molar-refractivity contribution in [3.05, 3.63) is 35.9 Å². The number of nitrogens with zero attached hydrogens (tertiary/aromatic N) is 1. The topological polar surface area (TPSA) is 29.4 Å². The van der Waals surface area contributed by atoms with E-state index < -0.39 is 0 Å². The Bertz CT molecular complexity index is 574.